The Labute approximate surface area is 123 Å². The highest BCUT2D eigenvalue weighted by Gasteiger charge is 2.36. The minimum absolute atomic E-state index is 0.131. The van der Waals surface area contributed by atoms with E-state index in [1.165, 1.54) is 32.4 Å². The summed E-state index contributed by atoms with van der Waals surface area (Å²) in [5, 5.41) is 0. The van der Waals surface area contributed by atoms with Gasteiger partial charge in [-0.1, -0.05) is 13.3 Å². The number of likely N-dealkylation sites (tertiary alicyclic amines) is 1. The molecule has 1 aromatic rings. The molecule has 1 aliphatic rings. The summed E-state index contributed by atoms with van der Waals surface area (Å²) in [6.45, 7) is 7.04. The lowest BCUT2D eigenvalue weighted by molar-refractivity contribution is 0.0521. The van der Waals surface area contributed by atoms with Gasteiger partial charge < -0.3 is 10.3 Å². The highest BCUT2D eigenvalue weighted by atomic mass is 15.2. The molecule has 20 heavy (non-hydrogen) atoms. The smallest absolute Gasteiger partial charge is 0.108 e. The number of nitrogens with zero attached hydrogens (tertiary/aromatic N) is 3. The maximum Gasteiger partial charge on any atom is 0.108 e. The third-order valence-corrected chi connectivity index (χ3v) is 5.19. The van der Waals surface area contributed by atoms with Crippen LogP contribution in [0.4, 0.5) is 0 Å². The Morgan fingerprint density at radius 2 is 2.05 bits per heavy atom. The zero-order chi connectivity index (χ0) is 14.6. The van der Waals surface area contributed by atoms with E-state index in [1.807, 2.05) is 12.4 Å². The molecule has 0 amide bonds. The summed E-state index contributed by atoms with van der Waals surface area (Å²) in [6.07, 6.45) is 11.0. The van der Waals surface area contributed by atoms with Crippen molar-refractivity contribution < 1.29 is 0 Å². The monoisotopic (exact) mass is 278 g/mol. The van der Waals surface area contributed by atoms with Crippen LogP contribution in [-0.4, -0.2) is 39.1 Å². The second kappa shape index (κ2) is 6.72. The van der Waals surface area contributed by atoms with Gasteiger partial charge in [0.25, 0.3) is 0 Å². The first-order valence-corrected chi connectivity index (χ1v) is 8.04. The molecule has 114 valence electrons. The van der Waals surface area contributed by atoms with E-state index in [0.717, 1.165) is 25.1 Å². The quantitative estimate of drug-likeness (QED) is 0.869. The van der Waals surface area contributed by atoms with Crippen molar-refractivity contribution in [3.05, 3.63) is 18.2 Å². The lowest BCUT2D eigenvalue weighted by Crippen LogP contribution is -2.59. The Morgan fingerprint density at radius 3 is 2.60 bits per heavy atom. The van der Waals surface area contributed by atoms with Crippen molar-refractivity contribution in [3.63, 3.8) is 0 Å². The molecular formula is C16H30N4. The molecule has 0 radical (unpaired) electrons. The highest BCUT2D eigenvalue weighted by molar-refractivity contribution is 4.99. The molecule has 1 fully saturated rings. The SMILES string of the molecule is CCC(C)(C(N)CCc1nccn1C)N1CCCCC1. The summed E-state index contributed by atoms with van der Waals surface area (Å²) in [4.78, 5) is 7.03. The standard InChI is InChI=1S/C16H30N4/c1-4-16(2,20-11-6-5-7-12-20)14(17)8-9-15-18-10-13-19(15)3/h10,13-14H,4-9,11-12,17H2,1-3H3. The maximum absolute atomic E-state index is 6.58. The van der Waals surface area contributed by atoms with Crippen molar-refractivity contribution in [3.8, 4) is 0 Å². The lowest BCUT2D eigenvalue weighted by atomic mass is 9.83. The average Bonchev–Trinajstić information content (AvgIpc) is 2.90. The topological polar surface area (TPSA) is 47.1 Å². The van der Waals surface area contributed by atoms with Gasteiger partial charge >= 0.3 is 0 Å². The van der Waals surface area contributed by atoms with Crippen molar-refractivity contribution in [1.82, 2.24) is 14.5 Å². The van der Waals surface area contributed by atoms with Gasteiger partial charge in [-0.05, 0) is 45.7 Å². The molecule has 4 nitrogen and oxygen atoms in total. The van der Waals surface area contributed by atoms with E-state index < -0.39 is 0 Å². The number of rotatable bonds is 6. The van der Waals surface area contributed by atoms with Crippen LogP contribution in [0.5, 0.6) is 0 Å². The summed E-state index contributed by atoms with van der Waals surface area (Å²) < 4.78 is 2.09. The molecule has 2 atom stereocenters. The molecule has 0 aliphatic carbocycles. The van der Waals surface area contributed by atoms with E-state index >= 15 is 0 Å². The fraction of sp³-hybridized carbons (Fsp3) is 0.812. The molecule has 1 saturated heterocycles. The highest BCUT2D eigenvalue weighted by Crippen LogP contribution is 2.28. The summed E-state index contributed by atoms with van der Waals surface area (Å²) in [7, 11) is 2.05. The van der Waals surface area contributed by atoms with Gasteiger partial charge in [-0.2, -0.15) is 0 Å². The van der Waals surface area contributed by atoms with Gasteiger partial charge in [-0.15, -0.1) is 0 Å². The Kier molecular flexibility index (Phi) is 5.22. The predicted octanol–water partition coefficient (Wildman–Crippen LogP) is 2.33. The van der Waals surface area contributed by atoms with Crippen molar-refractivity contribution in [2.45, 2.75) is 64.0 Å². The van der Waals surface area contributed by atoms with Crippen LogP contribution < -0.4 is 5.73 Å². The molecule has 0 aromatic carbocycles. The molecule has 1 aromatic heterocycles. The molecular weight excluding hydrogens is 248 g/mol. The zero-order valence-electron chi connectivity index (χ0n) is 13.3. The minimum atomic E-state index is 0.131. The number of aromatic nitrogens is 2. The van der Waals surface area contributed by atoms with Gasteiger partial charge in [0.1, 0.15) is 5.82 Å². The molecule has 0 spiro atoms. The summed E-state index contributed by atoms with van der Waals surface area (Å²) in [5.74, 6) is 1.14. The van der Waals surface area contributed by atoms with Crippen molar-refractivity contribution in [2.75, 3.05) is 13.1 Å². The molecule has 2 rings (SSSR count). The van der Waals surface area contributed by atoms with Crippen LogP contribution in [0, 0.1) is 0 Å². The lowest BCUT2D eigenvalue weighted by Gasteiger charge is -2.47. The normalized spacial score (nSPS) is 21.6. The van der Waals surface area contributed by atoms with E-state index in [1.54, 1.807) is 0 Å². The van der Waals surface area contributed by atoms with Crippen LogP contribution in [-0.2, 0) is 13.5 Å². The molecule has 2 unspecified atom stereocenters. The Bertz CT molecular complexity index is 408. The molecule has 4 heteroatoms. The molecule has 2 N–H and O–H groups in total. The van der Waals surface area contributed by atoms with Crippen LogP contribution in [0.3, 0.4) is 0 Å². The van der Waals surface area contributed by atoms with Crippen molar-refractivity contribution >= 4 is 0 Å². The van der Waals surface area contributed by atoms with Crippen LogP contribution in [0.15, 0.2) is 12.4 Å². The maximum atomic E-state index is 6.58. The van der Waals surface area contributed by atoms with Crippen LogP contribution in [0.25, 0.3) is 0 Å². The summed E-state index contributed by atoms with van der Waals surface area (Å²) in [6, 6.07) is 0.210. The van der Waals surface area contributed by atoms with Gasteiger partial charge in [0, 0.05) is 37.4 Å². The average molecular weight is 278 g/mol. The molecule has 0 saturated carbocycles. The molecule has 0 bridgehead atoms. The Balaban J connectivity index is 1.96. The number of piperidine rings is 1. The fourth-order valence-electron chi connectivity index (χ4n) is 3.36. The number of aryl methyl sites for hydroxylation is 2. The Hall–Kier alpha value is -0.870. The number of nitrogens with two attached hydrogens (primary N) is 1. The van der Waals surface area contributed by atoms with Crippen LogP contribution in [0.2, 0.25) is 0 Å². The predicted molar refractivity (Wildman–Crippen MR) is 83.6 cm³/mol. The van der Waals surface area contributed by atoms with Crippen LogP contribution in [0.1, 0.15) is 51.8 Å². The zero-order valence-corrected chi connectivity index (χ0v) is 13.3. The first kappa shape index (κ1) is 15.5. The number of hydrogen-bond acceptors (Lipinski definition) is 3. The third kappa shape index (κ3) is 3.23. The van der Waals surface area contributed by atoms with Gasteiger partial charge in [0.2, 0.25) is 0 Å². The molecule has 1 aliphatic heterocycles. The van der Waals surface area contributed by atoms with Crippen molar-refractivity contribution in [2.24, 2.45) is 12.8 Å². The minimum Gasteiger partial charge on any atom is -0.338 e. The first-order valence-electron chi connectivity index (χ1n) is 8.04. The Morgan fingerprint density at radius 1 is 1.35 bits per heavy atom. The molecule has 2 heterocycles. The van der Waals surface area contributed by atoms with Gasteiger partial charge in [0.05, 0.1) is 0 Å². The van der Waals surface area contributed by atoms with Gasteiger partial charge in [0.15, 0.2) is 0 Å². The van der Waals surface area contributed by atoms with E-state index in [-0.39, 0.29) is 11.6 Å². The second-order valence-corrected chi connectivity index (χ2v) is 6.36. The fourth-order valence-corrected chi connectivity index (χ4v) is 3.36. The second-order valence-electron chi connectivity index (χ2n) is 6.36. The van der Waals surface area contributed by atoms with Gasteiger partial charge in [-0.25, -0.2) is 4.98 Å². The number of imidazole rings is 1. The van der Waals surface area contributed by atoms with E-state index in [2.05, 4.69) is 35.3 Å². The van der Waals surface area contributed by atoms with E-state index in [0.29, 0.717) is 0 Å². The van der Waals surface area contributed by atoms with Crippen LogP contribution >= 0.6 is 0 Å². The summed E-state index contributed by atoms with van der Waals surface area (Å²) >= 11 is 0. The largest absolute Gasteiger partial charge is 0.338 e. The first-order chi connectivity index (χ1) is 9.58. The van der Waals surface area contributed by atoms with E-state index in [9.17, 15) is 0 Å². The van der Waals surface area contributed by atoms with Gasteiger partial charge in [-0.3, -0.25) is 4.90 Å². The summed E-state index contributed by atoms with van der Waals surface area (Å²) in [5.41, 5.74) is 6.71. The van der Waals surface area contributed by atoms with Crippen molar-refractivity contribution in [1.29, 1.82) is 0 Å². The third-order valence-electron chi connectivity index (χ3n) is 5.19. The number of hydrogen-bond donors (Lipinski definition) is 1. The van der Waals surface area contributed by atoms with E-state index in [4.69, 9.17) is 5.73 Å².